The van der Waals surface area contributed by atoms with Crippen LogP contribution in [-0.2, 0) is 0 Å². The van der Waals surface area contributed by atoms with Crippen LogP contribution in [0.25, 0.3) is 0 Å². The molecule has 0 radical (unpaired) electrons. The zero-order valence-electron chi connectivity index (χ0n) is 8.67. The maximum absolute atomic E-state index is 5.97. The third-order valence-corrected chi connectivity index (χ3v) is 2.61. The van der Waals surface area contributed by atoms with Crippen molar-refractivity contribution in [2.75, 3.05) is 6.54 Å². The van der Waals surface area contributed by atoms with Crippen LogP contribution in [0.5, 0.6) is 5.75 Å². The lowest BCUT2D eigenvalue weighted by Gasteiger charge is -2.17. The molecule has 1 atom stereocenters. The van der Waals surface area contributed by atoms with E-state index in [1.165, 1.54) is 0 Å². The van der Waals surface area contributed by atoms with Gasteiger partial charge in [-0.1, -0.05) is 36.5 Å². The highest BCUT2D eigenvalue weighted by atomic mass is 35.5. The van der Waals surface area contributed by atoms with E-state index in [2.05, 4.69) is 6.92 Å². The maximum Gasteiger partial charge on any atom is 0.139 e. The molecule has 15 heavy (non-hydrogen) atoms. The molecule has 0 aromatic heterocycles. The molecule has 0 aliphatic heterocycles. The third kappa shape index (κ3) is 3.90. The van der Waals surface area contributed by atoms with Crippen LogP contribution >= 0.6 is 23.2 Å². The minimum Gasteiger partial charge on any atom is -0.487 e. The van der Waals surface area contributed by atoms with Gasteiger partial charge in [-0.15, -0.1) is 0 Å². The minimum absolute atomic E-state index is 0.00552. The van der Waals surface area contributed by atoms with Crippen molar-refractivity contribution < 1.29 is 4.74 Å². The quantitative estimate of drug-likeness (QED) is 0.865. The van der Waals surface area contributed by atoms with Crippen LogP contribution in [0.4, 0.5) is 0 Å². The molecule has 0 amide bonds. The standard InChI is InChI=1S/C11H15Cl2NO/c1-2-3-9(7-14)15-11-6-8(12)4-5-10(11)13/h4-6,9H,2-3,7,14H2,1H3. The van der Waals surface area contributed by atoms with E-state index in [0.717, 1.165) is 12.8 Å². The fourth-order valence-corrected chi connectivity index (χ4v) is 1.62. The van der Waals surface area contributed by atoms with Crippen LogP contribution in [-0.4, -0.2) is 12.6 Å². The summed E-state index contributed by atoms with van der Waals surface area (Å²) in [6.45, 7) is 2.57. The van der Waals surface area contributed by atoms with Gasteiger partial charge in [0.05, 0.1) is 5.02 Å². The first-order chi connectivity index (χ1) is 7.17. The van der Waals surface area contributed by atoms with Gasteiger partial charge in [0.15, 0.2) is 0 Å². The molecule has 0 saturated heterocycles. The van der Waals surface area contributed by atoms with Crippen molar-refractivity contribution in [3.63, 3.8) is 0 Å². The zero-order valence-corrected chi connectivity index (χ0v) is 10.2. The van der Waals surface area contributed by atoms with Crippen LogP contribution in [0.15, 0.2) is 18.2 Å². The monoisotopic (exact) mass is 247 g/mol. The average Bonchev–Trinajstić information content (AvgIpc) is 2.22. The van der Waals surface area contributed by atoms with Crippen LogP contribution in [0.2, 0.25) is 10.0 Å². The Hall–Kier alpha value is -0.440. The van der Waals surface area contributed by atoms with Gasteiger partial charge in [0.1, 0.15) is 11.9 Å². The molecule has 1 rings (SSSR count). The predicted molar refractivity (Wildman–Crippen MR) is 64.8 cm³/mol. The summed E-state index contributed by atoms with van der Waals surface area (Å²) in [6, 6.07) is 5.16. The lowest BCUT2D eigenvalue weighted by Crippen LogP contribution is -2.26. The van der Waals surface area contributed by atoms with Gasteiger partial charge >= 0.3 is 0 Å². The van der Waals surface area contributed by atoms with Crippen LogP contribution in [0.3, 0.4) is 0 Å². The van der Waals surface area contributed by atoms with Crippen molar-refractivity contribution in [1.82, 2.24) is 0 Å². The summed E-state index contributed by atoms with van der Waals surface area (Å²) in [5.74, 6) is 0.605. The Morgan fingerprint density at radius 1 is 1.40 bits per heavy atom. The topological polar surface area (TPSA) is 35.2 Å². The molecule has 4 heteroatoms. The zero-order chi connectivity index (χ0) is 11.3. The first-order valence-electron chi connectivity index (χ1n) is 4.99. The van der Waals surface area contributed by atoms with Crippen molar-refractivity contribution in [2.45, 2.75) is 25.9 Å². The van der Waals surface area contributed by atoms with Gasteiger partial charge in [-0.2, -0.15) is 0 Å². The van der Waals surface area contributed by atoms with E-state index >= 15 is 0 Å². The Bertz CT molecular complexity index is 317. The lowest BCUT2D eigenvalue weighted by atomic mass is 10.2. The van der Waals surface area contributed by atoms with Crippen molar-refractivity contribution in [3.05, 3.63) is 28.2 Å². The summed E-state index contributed by atoms with van der Waals surface area (Å²) in [6.07, 6.45) is 1.95. The largest absolute Gasteiger partial charge is 0.487 e. The molecular formula is C11H15Cl2NO. The number of ether oxygens (including phenoxy) is 1. The molecule has 2 N–H and O–H groups in total. The van der Waals surface area contributed by atoms with E-state index in [-0.39, 0.29) is 6.10 Å². The summed E-state index contributed by atoms with van der Waals surface area (Å²) in [7, 11) is 0. The summed E-state index contributed by atoms with van der Waals surface area (Å²) < 4.78 is 5.67. The summed E-state index contributed by atoms with van der Waals surface area (Å²) in [4.78, 5) is 0. The van der Waals surface area contributed by atoms with E-state index in [9.17, 15) is 0 Å². The molecule has 0 bridgehead atoms. The van der Waals surface area contributed by atoms with E-state index in [4.69, 9.17) is 33.7 Å². The Labute approximate surface area is 100 Å². The van der Waals surface area contributed by atoms with Gasteiger partial charge in [0.2, 0.25) is 0 Å². The van der Waals surface area contributed by atoms with Gasteiger partial charge in [0.25, 0.3) is 0 Å². The molecule has 0 aliphatic rings. The molecule has 0 spiro atoms. The normalized spacial score (nSPS) is 12.5. The average molecular weight is 248 g/mol. The van der Waals surface area contributed by atoms with E-state index in [1.54, 1.807) is 18.2 Å². The Balaban J connectivity index is 2.73. The molecule has 84 valence electrons. The second kappa shape index (κ2) is 6.21. The lowest BCUT2D eigenvalue weighted by molar-refractivity contribution is 0.198. The maximum atomic E-state index is 5.97. The van der Waals surface area contributed by atoms with Gasteiger partial charge in [-0.3, -0.25) is 0 Å². The fraction of sp³-hybridized carbons (Fsp3) is 0.455. The van der Waals surface area contributed by atoms with Gasteiger partial charge in [-0.05, 0) is 18.6 Å². The molecule has 1 unspecified atom stereocenters. The number of benzene rings is 1. The van der Waals surface area contributed by atoms with Crippen LogP contribution < -0.4 is 10.5 Å². The SMILES string of the molecule is CCCC(CN)Oc1cc(Cl)ccc1Cl. The van der Waals surface area contributed by atoms with Crippen molar-refractivity contribution in [2.24, 2.45) is 5.73 Å². The molecule has 0 aliphatic carbocycles. The van der Waals surface area contributed by atoms with Crippen LogP contribution in [0.1, 0.15) is 19.8 Å². The first-order valence-corrected chi connectivity index (χ1v) is 5.74. The van der Waals surface area contributed by atoms with Gasteiger partial charge in [0, 0.05) is 17.6 Å². The molecule has 0 saturated carbocycles. The highest BCUT2D eigenvalue weighted by molar-refractivity contribution is 6.34. The van der Waals surface area contributed by atoms with Gasteiger partial charge in [-0.25, -0.2) is 0 Å². The minimum atomic E-state index is 0.00552. The van der Waals surface area contributed by atoms with E-state index < -0.39 is 0 Å². The summed E-state index contributed by atoms with van der Waals surface area (Å²) in [5, 5.41) is 1.18. The third-order valence-electron chi connectivity index (χ3n) is 2.06. The Morgan fingerprint density at radius 2 is 2.13 bits per heavy atom. The van der Waals surface area contributed by atoms with Crippen molar-refractivity contribution >= 4 is 23.2 Å². The number of hydrogen-bond acceptors (Lipinski definition) is 2. The second-order valence-corrected chi connectivity index (χ2v) is 4.18. The highest BCUT2D eigenvalue weighted by Crippen LogP contribution is 2.28. The van der Waals surface area contributed by atoms with Gasteiger partial charge < -0.3 is 10.5 Å². The number of rotatable bonds is 5. The second-order valence-electron chi connectivity index (χ2n) is 3.34. The Morgan fingerprint density at radius 3 is 2.73 bits per heavy atom. The number of hydrogen-bond donors (Lipinski definition) is 1. The molecular weight excluding hydrogens is 233 g/mol. The number of halogens is 2. The van der Waals surface area contributed by atoms with E-state index in [1.807, 2.05) is 0 Å². The summed E-state index contributed by atoms with van der Waals surface area (Å²) in [5.41, 5.74) is 5.59. The molecule has 2 nitrogen and oxygen atoms in total. The molecule has 0 heterocycles. The van der Waals surface area contributed by atoms with Crippen molar-refractivity contribution in [3.8, 4) is 5.75 Å². The first kappa shape index (κ1) is 12.6. The Kier molecular flexibility index (Phi) is 5.23. The van der Waals surface area contributed by atoms with Crippen molar-refractivity contribution in [1.29, 1.82) is 0 Å². The smallest absolute Gasteiger partial charge is 0.139 e. The fourth-order valence-electron chi connectivity index (χ4n) is 1.29. The highest BCUT2D eigenvalue weighted by Gasteiger charge is 2.10. The number of nitrogens with two attached hydrogens (primary N) is 1. The summed E-state index contributed by atoms with van der Waals surface area (Å²) >= 11 is 11.8. The molecule has 1 aromatic rings. The van der Waals surface area contributed by atoms with E-state index in [0.29, 0.717) is 22.3 Å². The molecule has 1 aromatic carbocycles. The predicted octanol–water partition coefficient (Wildman–Crippen LogP) is 3.50. The molecule has 0 fully saturated rings. The van der Waals surface area contributed by atoms with Crippen LogP contribution in [0, 0.1) is 0 Å².